The van der Waals surface area contributed by atoms with Gasteiger partial charge in [0.15, 0.2) is 0 Å². The molecule has 0 aliphatic heterocycles. The maximum atomic E-state index is 13.4. The number of nitrogens with zero attached hydrogens (tertiary/aromatic N) is 1. The molecule has 1 aromatic rings. The number of hydrogen-bond acceptors (Lipinski definition) is 5. The number of nitrogens with one attached hydrogen (secondary N) is 1. The Labute approximate surface area is 234 Å². The third-order valence-corrected chi connectivity index (χ3v) is 6.44. The minimum Gasteiger partial charge on any atom is -0.455 e. The summed E-state index contributed by atoms with van der Waals surface area (Å²) >= 11 is 13.9. The summed E-state index contributed by atoms with van der Waals surface area (Å²) in [5, 5.41) is 11.2. The number of hydrogen-bond donors (Lipinski definition) is 1. The van der Waals surface area contributed by atoms with Crippen molar-refractivity contribution in [1.29, 1.82) is 0 Å². The number of halogens is 8. The van der Waals surface area contributed by atoms with E-state index < -0.39 is 40.7 Å². The highest BCUT2D eigenvalue weighted by atomic mass is 35.5. The molecule has 1 atom stereocenters. The standard InChI is InChI=1S/C22H17Cl2F3N2O3S.C3H5F3/c1-13-5-8-17(23)19(9-6-13)28-33-15-3-2-4-21(18(24)12-15)32-20-10-7-14(29(30)31)11-16(20)22(25,26)27;1-2-3(4,5)6/h2-5,7-12,15,28H,6H2,1H3;2H2,1H3. The van der Waals surface area contributed by atoms with Crippen LogP contribution in [0.25, 0.3) is 0 Å². The van der Waals surface area contributed by atoms with Crippen LogP contribution in [0.5, 0.6) is 5.75 Å². The van der Waals surface area contributed by atoms with Crippen molar-refractivity contribution < 1.29 is 36.0 Å². The maximum Gasteiger partial charge on any atom is 0.420 e. The molecule has 0 fully saturated rings. The minimum atomic E-state index is -4.85. The van der Waals surface area contributed by atoms with Crippen molar-refractivity contribution in [3.63, 3.8) is 0 Å². The van der Waals surface area contributed by atoms with Gasteiger partial charge in [-0.2, -0.15) is 26.3 Å². The topological polar surface area (TPSA) is 64.4 Å². The third-order valence-electron chi connectivity index (χ3n) is 4.90. The fraction of sp³-hybridized carbons (Fsp3) is 0.280. The Balaban J connectivity index is 0.000000798. The monoisotopic (exact) mass is 614 g/mol. The third kappa shape index (κ3) is 10.7. The SMILES string of the molecule is CC1=CC=C(Cl)C(NSC2C=CC=C(Oc3ccc([N+](=O)[O-])cc3C(F)(F)F)C(Cl)=C2)=CC1.CCC(F)(F)F. The summed E-state index contributed by atoms with van der Waals surface area (Å²) in [4.78, 5) is 9.96. The first-order chi connectivity index (χ1) is 18.1. The zero-order valence-electron chi connectivity index (χ0n) is 20.4. The number of ether oxygens (including phenoxy) is 1. The van der Waals surface area contributed by atoms with Crippen LogP contribution in [-0.2, 0) is 6.18 Å². The molecule has 39 heavy (non-hydrogen) atoms. The van der Waals surface area contributed by atoms with Crippen LogP contribution in [-0.4, -0.2) is 16.3 Å². The first-order valence-corrected chi connectivity index (χ1v) is 12.8. The van der Waals surface area contributed by atoms with Crippen molar-refractivity contribution in [3.05, 3.63) is 104 Å². The molecule has 3 rings (SSSR count). The number of nitro groups is 1. The molecule has 212 valence electrons. The Morgan fingerprint density at radius 3 is 2.38 bits per heavy atom. The molecule has 1 aromatic carbocycles. The number of alkyl halides is 6. The molecule has 1 N–H and O–H groups in total. The zero-order chi connectivity index (χ0) is 29.4. The summed E-state index contributed by atoms with van der Waals surface area (Å²) in [7, 11) is 0. The highest BCUT2D eigenvalue weighted by Crippen LogP contribution is 2.40. The predicted octanol–water partition coefficient (Wildman–Crippen LogP) is 9.49. The molecule has 1 unspecified atom stereocenters. The Morgan fingerprint density at radius 2 is 1.79 bits per heavy atom. The maximum absolute atomic E-state index is 13.4. The van der Waals surface area contributed by atoms with E-state index in [2.05, 4.69) is 4.72 Å². The van der Waals surface area contributed by atoms with Gasteiger partial charge < -0.3 is 9.46 Å². The van der Waals surface area contributed by atoms with Crippen LogP contribution in [0.4, 0.5) is 32.0 Å². The van der Waals surface area contributed by atoms with Crippen molar-refractivity contribution in [2.45, 2.75) is 44.3 Å². The van der Waals surface area contributed by atoms with Crippen LogP contribution in [0, 0.1) is 10.1 Å². The summed E-state index contributed by atoms with van der Waals surface area (Å²) in [6.45, 7) is 3.08. The van der Waals surface area contributed by atoms with E-state index in [1.165, 1.54) is 18.0 Å². The Morgan fingerprint density at radius 1 is 1.13 bits per heavy atom. The molecule has 0 spiro atoms. The zero-order valence-corrected chi connectivity index (χ0v) is 22.7. The van der Waals surface area contributed by atoms with E-state index in [9.17, 15) is 36.5 Å². The number of allylic oxidation sites excluding steroid dienone is 8. The molecular weight excluding hydrogens is 593 g/mol. The predicted molar refractivity (Wildman–Crippen MR) is 141 cm³/mol. The quantitative estimate of drug-likeness (QED) is 0.150. The van der Waals surface area contributed by atoms with Crippen LogP contribution in [0.1, 0.15) is 32.3 Å². The first kappa shape index (κ1) is 32.4. The lowest BCUT2D eigenvalue weighted by molar-refractivity contribution is -0.385. The highest BCUT2D eigenvalue weighted by molar-refractivity contribution is 7.98. The number of nitro benzene ring substituents is 1. The summed E-state index contributed by atoms with van der Waals surface area (Å²) < 4.78 is 81.2. The molecule has 0 saturated carbocycles. The number of rotatable bonds is 6. The van der Waals surface area contributed by atoms with E-state index in [0.29, 0.717) is 11.1 Å². The second-order valence-corrected chi connectivity index (χ2v) is 9.77. The number of non-ortho nitro benzene ring substituents is 1. The molecule has 5 nitrogen and oxygen atoms in total. The molecule has 0 bridgehead atoms. The second-order valence-electron chi connectivity index (χ2n) is 7.97. The Hall–Kier alpha value is -2.83. The van der Waals surface area contributed by atoms with E-state index in [0.717, 1.165) is 36.7 Å². The van der Waals surface area contributed by atoms with Gasteiger partial charge in [-0.25, -0.2) is 0 Å². The molecule has 2 aliphatic carbocycles. The lowest BCUT2D eigenvalue weighted by Crippen LogP contribution is -2.10. The molecule has 14 heteroatoms. The van der Waals surface area contributed by atoms with Gasteiger partial charge in [0, 0.05) is 18.6 Å². The molecule has 2 aliphatic rings. The fourth-order valence-electron chi connectivity index (χ4n) is 2.79. The van der Waals surface area contributed by atoms with Crippen LogP contribution in [0.2, 0.25) is 0 Å². The van der Waals surface area contributed by atoms with Gasteiger partial charge in [-0.1, -0.05) is 60.0 Å². The van der Waals surface area contributed by atoms with Gasteiger partial charge in [0.2, 0.25) is 0 Å². The van der Waals surface area contributed by atoms with Crippen molar-refractivity contribution in [2.24, 2.45) is 0 Å². The van der Waals surface area contributed by atoms with Crippen molar-refractivity contribution in [2.75, 3.05) is 0 Å². The van der Waals surface area contributed by atoms with Gasteiger partial charge in [-0.05, 0) is 49.6 Å². The average Bonchev–Trinajstić information content (AvgIpc) is 3.12. The average molecular weight is 615 g/mol. The van der Waals surface area contributed by atoms with Gasteiger partial charge in [0.1, 0.15) is 17.1 Å². The van der Waals surface area contributed by atoms with Crippen LogP contribution >= 0.6 is 35.1 Å². The number of benzene rings is 1. The highest BCUT2D eigenvalue weighted by Gasteiger charge is 2.36. The van der Waals surface area contributed by atoms with Crippen molar-refractivity contribution in [3.8, 4) is 5.75 Å². The van der Waals surface area contributed by atoms with Crippen LogP contribution < -0.4 is 9.46 Å². The summed E-state index contributed by atoms with van der Waals surface area (Å²) in [6, 6.07) is 2.26. The summed E-state index contributed by atoms with van der Waals surface area (Å²) in [5.41, 5.74) is -0.0715. The van der Waals surface area contributed by atoms with Gasteiger partial charge in [-0.15, -0.1) is 0 Å². The summed E-state index contributed by atoms with van der Waals surface area (Å²) in [5.74, 6) is -0.617. The van der Waals surface area contributed by atoms with Gasteiger partial charge >= 0.3 is 12.4 Å². The van der Waals surface area contributed by atoms with Gasteiger partial charge in [-0.3, -0.25) is 10.1 Å². The molecule has 0 radical (unpaired) electrons. The smallest absolute Gasteiger partial charge is 0.420 e. The van der Waals surface area contributed by atoms with E-state index in [1.54, 1.807) is 24.3 Å². The molecule has 0 heterocycles. The van der Waals surface area contributed by atoms with Crippen molar-refractivity contribution in [1.82, 2.24) is 4.72 Å². The van der Waals surface area contributed by atoms with E-state index in [1.807, 2.05) is 19.1 Å². The van der Waals surface area contributed by atoms with Crippen LogP contribution in [0.3, 0.4) is 0 Å². The minimum absolute atomic E-state index is 0.0261. The van der Waals surface area contributed by atoms with Gasteiger partial charge in [0.25, 0.3) is 5.69 Å². The van der Waals surface area contributed by atoms with Crippen LogP contribution in [0.15, 0.2) is 87.8 Å². The Kier molecular flexibility index (Phi) is 11.6. The van der Waals surface area contributed by atoms with E-state index >= 15 is 0 Å². The molecule has 0 amide bonds. The largest absolute Gasteiger partial charge is 0.455 e. The van der Waals surface area contributed by atoms with Gasteiger partial charge in [0.05, 0.1) is 25.9 Å². The molecule has 0 saturated heterocycles. The lowest BCUT2D eigenvalue weighted by atomic mass is 10.1. The molecular formula is C25H22Cl2F6N2O3S. The normalized spacial score (nSPS) is 17.7. The van der Waals surface area contributed by atoms with E-state index in [-0.39, 0.29) is 16.0 Å². The summed E-state index contributed by atoms with van der Waals surface area (Å²) in [6.07, 6.45) is 3.28. The lowest BCUT2D eigenvalue weighted by Gasteiger charge is -2.15. The first-order valence-electron chi connectivity index (χ1n) is 11.1. The molecule has 0 aromatic heterocycles. The second kappa shape index (κ2) is 14.0. The Bertz CT molecular complexity index is 1250. The fourth-order valence-corrected chi connectivity index (χ4v) is 4.17. The van der Waals surface area contributed by atoms with E-state index in [4.69, 9.17) is 27.9 Å². The van der Waals surface area contributed by atoms with Crippen molar-refractivity contribution >= 4 is 40.8 Å².